The number of piperidine rings is 1. The Hall–Kier alpha value is 0.200. The summed E-state index contributed by atoms with van der Waals surface area (Å²) in [4.78, 5) is 0. The summed E-state index contributed by atoms with van der Waals surface area (Å²) >= 11 is 0. The van der Waals surface area contributed by atoms with Gasteiger partial charge in [-0.25, -0.2) is 0 Å². The predicted octanol–water partition coefficient (Wildman–Crippen LogP) is 1.59. The van der Waals surface area contributed by atoms with Crippen molar-refractivity contribution in [3.63, 3.8) is 0 Å². The van der Waals surface area contributed by atoms with Crippen molar-refractivity contribution in [2.24, 2.45) is 5.92 Å². The van der Waals surface area contributed by atoms with Gasteiger partial charge in [0, 0.05) is 23.3 Å². The van der Waals surface area contributed by atoms with Crippen LogP contribution in [-0.4, -0.2) is 25.3 Å². The average Bonchev–Trinajstić information content (AvgIpc) is 1.92. The smallest absolute Gasteiger partial charge is 0.195 e. The van der Waals surface area contributed by atoms with Gasteiger partial charge in [0.15, 0.2) is 0 Å². The van der Waals surface area contributed by atoms with Crippen LogP contribution in [0.3, 0.4) is 0 Å². The van der Waals surface area contributed by atoms with E-state index in [9.17, 15) is 8.42 Å². The lowest BCUT2D eigenvalue weighted by Crippen LogP contribution is -2.42. The molecule has 0 saturated carbocycles. The van der Waals surface area contributed by atoms with Crippen LogP contribution in [0.2, 0.25) is 0 Å². The zero-order valence-electron chi connectivity index (χ0n) is 7.33. The van der Waals surface area contributed by atoms with Crippen molar-refractivity contribution in [1.82, 2.24) is 4.31 Å². The lowest BCUT2D eigenvalue weighted by atomic mass is 9.97. The first-order valence-corrected chi connectivity index (χ1v) is 6.39. The Morgan fingerprint density at radius 1 is 1.33 bits per heavy atom. The molecule has 0 bridgehead atoms. The molecule has 0 aromatic heterocycles. The molecule has 2 unspecified atom stereocenters. The van der Waals surface area contributed by atoms with Crippen LogP contribution in [-0.2, 0) is 9.24 Å². The molecule has 0 N–H and O–H groups in total. The van der Waals surface area contributed by atoms with Gasteiger partial charge >= 0.3 is 0 Å². The standard InChI is InChI=1S/C7H14ClNO2S/c1-6-3-4-7(2)9(5-6)12(8,10)11/h6-7H,3-5H2,1-2H3. The van der Waals surface area contributed by atoms with Crippen LogP contribution in [0.15, 0.2) is 0 Å². The Labute approximate surface area is 78.3 Å². The first kappa shape index (κ1) is 10.3. The van der Waals surface area contributed by atoms with E-state index < -0.39 is 9.24 Å². The van der Waals surface area contributed by atoms with E-state index in [2.05, 4.69) is 0 Å². The number of halogens is 1. The van der Waals surface area contributed by atoms with E-state index in [1.807, 2.05) is 13.8 Å². The van der Waals surface area contributed by atoms with Crippen LogP contribution >= 0.6 is 10.7 Å². The maximum atomic E-state index is 11.0. The van der Waals surface area contributed by atoms with Gasteiger partial charge < -0.3 is 0 Å². The van der Waals surface area contributed by atoms with Crippen LogP contribution in [0.4, 0.5) is 0 Å². The molecule has 0 aromatic carbocycles. The second-order valence-electron chi connectivity index (χ2n) is 3.54. The van der Waals surface area contributed by atoms with E-state index in [1.165, 1.54) is 4.31 Å². The molecule has 1 saturated heterocycles. The van der Waals surface area contributed by atoms with Crippen LogP contribution < -0.4 is 0 Å². The van der Waals surface area contributed by atoms with Gasteiger partial charge in [-0.1, -0.05) is 6.92 Å². The second kappa shape index (κ2) is 3.52. The fourth-order valence-electron chi connectivity index (χ4n) is 1.55. The molecule has 1 heterocycles. The molecule has 0 aromatic rings. The zero-order valence-corrected chi connectivity index (χ0v) is 8.90. The molecule has 1 rings (SSSR count). The van der Waals surface area contributed by atoms with Crippen molar-refractivity contribution < 1.29 is 8.42 Å². The number of hydrogen-bond donors (Lipinski definition) is 0. The van der Waals surface area contributed by atoms with Crippen molar-refractivity contribution >= 4 is 19.9 Å². The highest BCUT2D eigenvalue weighted by Crippen LogP contribution is 2.25. The summed E-state index contributed by atoms with van der Waals surface area (Å²) in [5.41, 5.74) is 0. The lowest BCUT2D eigenvalue weighted by Gasteiger charge is -2.33. The summed E-state index contributed by atoms with van der Waals surface area (Å²) in [6.07, 6.45) is 2.00. The Kier molecular flexibility index (Phi) is 3.01. The monoisotopic (exact) mass is 211 g/mol. The lowest BCUT2D eigenvalue weighted by molar-refractivity contribution is 0.221. The van der Waals surface area contributed by atoms with Crippen LogP contribution in [0.5, 0.6) is 0 Å². The number of rotatable bonds is 1. The van der Waals surface area contributed by atoms with E-state index in [1.54, 1.807) is 0 Å². The Morgan fingerprint density at radius 2 is 1.92 bits per heavy atom. The molecule has 0 amide bonds. The van der Waals surface area contributed by atoms with E-state index in [0.29, 0.717) is 12.5 Å². The largest absolute Gasteiger partial charge is 0.300 e. The molecule has 2 atom stereocenters. The average molecular weight is 212 g/mol. The minimum atomic E-state index is -3.50. The SMILES string of the molecule is CC1CCC(C)N(S(=O)(=O)Cl)C1. The molecule has 1 aliphatic rings. The fraction of sp³-hybridized carbons (Fsp3) is 1.00. The van der Waals surface area contributed by atoms with Crippen molar-refractivity contribution in [2.45, 2.75) is 32.7 Å². The highest BCUT2D eigenvalue weighted by atomic mass is 35.7. The summed E-state index contributed by atoms with van der Waals surface area (Å²) in [6.45, 7) is 4.50. The first-order chi connectivity index (χ1) is 5.41. The maximum absolute atomic E-state index is 11.0. The molecule has 0 radical (unpaired) electrons. The van der Waals surface area contributed by atoms with Gasteiger partial charge in [-0.15, -0.1) is 0 Å². The van der Waals surface area contributed by atoms with E-state index in [4.69, 9.17) is 10.7 Å². The highest BCUT2D eigenvalue weighted by Gasteiger charge is 2.30. The summed E-state index contributed by atoms with van der Waals surface area (Å²) in [5.74, 6) is 0.426. The normalized spacial score (nSPS) is 33.6. The Balaban J connectivity index is 2.74. The van der Waals surface area contributed by atoms with Crippen molar-refractivity contribution in [3.05, 3.63) is 0 Å². The van der Waals surface area contributed by atoms with Gasteiger partial charge in [-0.3, -0.25) is 0 Å². The van der Waals surface area contributed by atoms with Crippen molar-refractivity contribution in [1.29, 1.82) is 0 Å². The topological polar surface area (TPSA) is 37.4 Å². The van der Waals surface area contributed by atoms with E-state index >= 15 is 0 Å². The molecule has 12 heavy (non-hydrogen) atoms. The molecule has 0 spiro atoms. The van der Waals surface area contributed by atoms with Gasteiger partial charge in [0.05, 0.1) is 0 Å². The van der Waals surface area contributed by atoms with Gasteiger partial charge in [-0.2, -0.15) is 12.7 Å². The van der Waals surface area contributed by atoms with E-state index in [-0.39, 0.29) is 6.04 Å². The molecule has 3 nitrogen and oxygen atoms in total. The summed E-state index contributed by atoms with van der Waals surface area (Å²) in [6, 6.07) is 0.0590. The van der Waals surface area contributed by atoms with Crippen LogP contribution in [0.1, 0.15) is 26.7 Å². The summed E-state index contributed by atoms with van der Waals surface area (Å²) in [5, 5.41) is 0. The predicted molar refractivity (Wildman–Crippen MR) is 49.3 cm³/mol. The third-order valence-corrected chi connectivity index (χ3v) is 3.94. The highest BCUT2D eigenvalue weighted by molar-refractivity contribution is 8.11. The Bertz CT molecular complexity index is 252. The Morgan fingerprint density at radius 3 is 2.33 bits per heavy atom. The van der Waals surface area contributed by atoms with Crippen molar-refractivity contribution in [3.8, 4) is 0 Å². The minimum absolute atomic E-state index is 0.0590. The maximum Gasteiger partial charge on any atom is 0.300 e. The molecule has 0 aliphatic carbocycles. The summed E-state index contributed by atoms with van der Waals surface area (Å²) < 4.78 is 23.4. The second-order valence-corrected chi connectivity index (χ2v) is 6.01. The molecule has 1 aliphatic heterocycles. The molecule has 5 heteroatoms. The van der Waals surface area contributed by atoms with Gasteiger partial charge in [0.1, 0.15) is 0 Å². The van der Waals surface area contributed by atoms with Crippen LogP contribution in [0, 0.1) is 5.92 Å². The van der Waals surface area contributed by atoms with Gasteiger partial charge in [0.25, 0.3) is 9.24 Å². The minimum Gasteiger partial charge on any atom is -0.195 e. The van der Waals surface area contributed by atoms with Crippen LogP contribution in [0.25, 0.3) is 0 Å². The van der Waals surface area contributed by atoms with Gasteiger partial charge in [0.2, 0.25) is 0 Å². The first-order valence-electron chi connectivity index (χ1n) is 4.12. The summed E-state index contributed by atoms with van der Waals surface area (Å²) in [7, 11) is 1.77. The third-order valence-electron chi connectivity index (χ3n) is 2.34. The fourth-order valence-corrected chi connectivity index (χ4v) is 3.10. The van der Waals surface area contributed by atoms with Gasteiger partial charge in [-0.05, 0) is 25.7 Å². The van der Waals surface area contributed by atoms with E-state index in [0.717, 1.165) is 12.8 Å². The quantitative estimate of drug-likeness (QED) is 0.618. The molecular formula is C7H14ClNO2S. The number of nitrogens with zero attached hydrogens (tertiary/aromatic N) is 1. The molecule has 1 fully saturated rings. The molecular weight excluding hydrogens is 198 g/mol. The molecule has 72 valence electrons. The third kappa shape index (κ3) is 2.34. The zero-order chi connectivity index (χ0) is 9.35. The number of hydrogen-bond acceptors (Lipinski definition) is 2. The van der Waals surface area contributed by atoms with Crippen molar-refractivity contribution in [2.75, 3.05) is 6.54 Å².